The third-order valence-corrected chi connectivity index (χ3v) is 3.47. The summed E-state index contributed by atoms with van der Waals surface area (Å²) in [6.07, 6.45) is 0.364. The molecule has 0 bridgehead atoms. The van der Waals surface area contributed by atoms with Gasteiger partial charge in [-0.25, -0.2) is 0 Å². The molecule has 0 saturated carbocycles. The highest BCUT2D eigenvalue weighted by atomic mass is 16.5. The minimum Gasteiger partial charge on any atom is -0.376 e. The average molecular weight is 262 g/mol. The van der Waals surface area contributed by atoms with Gasteiger partial charge >= 0.3 is 0 Å². The molecular weight excluding hydrogens is 236 g/mol. The minimum atomic E-state index is 0.364. The lowest BCUT2D eigenvalue weighted by Crippen LogP contribution is -2.40. The smallest absolute Gasteiger partial charge is 0.0674 e. The van der Waals surface area contributed by atoms with Crippen LogP contribution in [0.5, 0.6) is 0 Å². The van der Waals surface area contributed by atoms with Crippen molar-refractivity contribution >= 4 is 0 Å². The summed E-state index contributed by atoms with van der Waals surface area (Å²) in [6.45, 7) is 11.4. The van der Waals surface area contributed by atoms with E-state index in [0.717, 1.165) is 32.8 Å². The van der Waals surface area contributed by atoms with E-state index in [1.165, 1.54) is 11.1 Å². The molecule has 3 nitrogen and oxygen atoms in total. The number of nitrogens with zero attached hydrogens (tertiary/aromatic N) is 1. The minimum absolute atomic E-state index is 0.364. The summed E-state index contributed by atoms with van der Waals surface area (Å²) in [5.41, 5.74) is 2.75. The molecule has 1 aliphatic rings. The first-order chi connectivity index (χ1) is 9.13. The zero-order valence-electron chi connectivity index (χ0n) is 12.4. The molecule has 1 atom stereocenters. The van der Waals surface area contributed by atoms with Crippen LogP contribution in [0.25, 0.3) is 0 Å². The second-order valence-corrected chi connectivity index (χ2v) is 5.77. The van der Waals surface area contributed by atoms with Crippen molar-refractivity contribution in [3.8, 4) is 0 Å². The quantitative estimate of drug-likeness (QED) is 0.882. The molecule has 19 heavy (non-hydrogen) atoms. The largest absolute Gasteiger partial charge is 0.376 e. The van der Waals surface area contributed by atoms with Crippen LogP contribution in [0.4, 0.5) is 0 Å². The van der Waals surface area contributed by atoms with Gasteiger partial charge in [0.25, 0.3) is 0 Å². The molecule has 1 saturated heterocycles. The summed E-state index contributed by atoms with van der Waals surface area (Å²) in [5.74, 6) is 0. The molecule has 1 unspecified atom stereocenters. The first-order valence-corrected chi connectivity index (χ1v) is 7.28. The van der Waals surface area contributed by atoms with Crippen LogP contribution < -0.4 is 5.32 Å². The standard InChI is InChI=1S/C16H26N2O/c1-13(2)17-10-15-4-6-16(7-5-15)12-18-8-9-19-14(3)11-18/h4-7,13-14,17H,8-12H2,1-3H3. The molecule has 3 heteroatoms. The molecule has 1 heterocycles. The van der Waals surface area contributed by atoms with Gasteiger partial charge < -0.3 is 10.1 Å². The Morgan fingerprint density at radius 3 is 2.58 bits per heavy atom. The lowest BCUT2D eigenvalue weighted by molar-refractivity contribution is -0.0212. The third-order valence-electron chi connectivity index (χ3n) is 3.47. The maximum Gasteiger partial charge on any atom is 0.0674 e. The van der Waals surface area contributed by atoms with Crippen LogP contribution in [0.1, 0.15) is 31.9 Å². The van der Waals surface area contributed by atoms with Crippen molar-refractivity contribution in [2.24, 2.45) is 0 Å². The van der Waals surface area contributed by atoms with E-state index in [1.807, 2.05) is 0 Å². The zero-order chi connectivity index (χ0) is 13.7. The predicted molar refractivity (Wildman–Crippen MR) is 79.1 cm³/mol. The maximum absolute atomic E-state index is 5.57. The SMILES string of the molecule is CC(C)NCc1ccc(CN2CCOC(C)C2)cc1. The van der Waals surface area contributed by atoms with Crippen molar-refractivity contribution in [2.45, 2.75) is 46.0 Å². The van der Waals surface area contributed by atoms with E-state index in [0.29, 0.717) is 12.1 Å². The summed E-state index contributed by atoms with van der Waals surface area (Å²) >= 11 is 0. The normalized spacial score (nSPS) is 20.9. The predicted octanol–water partition coefficient (Wildman–Crippen LogP) is 2.41. The fraction of sp³-hybridized carbons (Fsp3) is 0.625. The highest BCUT2D eigenvalue weighted by molar-refractivity contribution is 5.22. The Hall–Kier alpha value is -0.900. The van der Waals surface area contributed by atoms with Gasteiger partial charge in [0.2, 0.25) is 0 Å². The van der Waals surface area contributed by atoms with Gasteiger partial charge in [0.15, 0.2) is 0 Å². The Morgan fingerprint density at radius 1 is 1.26 bits per heavy atom. The first kappa shape index (κ1) is 14.5. The number of hydrogen-bond donors (Lipinski definition) is 1. The summed E-state index contributed by atoms with van der Waals surface area (Å²) in [6, 6.07) is 9.49. The van der Waals surface area contributed by atoms with E-state index in [-0.39, 0.29) is 0 Å². The number of nitrogens with one attached hydrogen (secondary N) is 1. The lowest BCUT2D eigenvalue weighted by Gasteiger charge is -2.31. The van der Waals surface area contributed by atoms with Gasteiger partial charge in [-0.05, 0) is 18.1 Å². The molecule has 0 amide bonds. The van der Waals surface area contributed by atoms with Crippen molar-refractivity contribution in [3.05, 3.63) is 35.4 Å². The highest BCUT2D eigenvalue weighted by Gasteiger charge is 2.16. The first-order valence-electron chi connectivity index (χ1n) is 7.28. The maximum atomic E-state index is 5.57. The van der Waals surface area contributed by atoms with Gasteiger partial charge in [0, 0.05) is 32.2 Å². The van der Waals surface area contributed by atoms with E-state index >= 15 is 0 Å². The third kappa shape index (κ3) is 4.94. The van der Waals surface area contributed by atoms with Crippen molar-refractivity contribution in [1.29, 1.82) is 0 Å². The Bertz CT molecular complexity index is 375. The fourth-order valence-corrected chi connectivity index (χ4v) is 2.38. The van der Waals surface area contributed by atoms with Gasteiger partial charge in [0.05, 0.1) is 12.7 Å². The molecule has 0 spiro atoms. The second-order valence-electron chi connectivity index (χ2n) is 5.77. The molecule has 1 N–H and O–H groups in total. The number of rotatable bonds is 5. The average Bonchev–Trinajstić information content (AvgIpc) is 2.38. The van der Waals surface area contributed by atoms with Crippen LogP contribution in [0.2, 0.25) is 0 Å². The number of benzene rings is 1. The van der Waals surface area contributed by atoms with E-state index in [1.54, 1.807) is 0 Å². The monoisotopic (exact) mass is 262 g/mol. The van der Waals surface area contributed by atoms with E-state index in [2.05, 4.69) is 55.3 Å². The molecule has 2 rings (SSSR count). The molecule has 0 aliphatic carbocycles. The molecule has 1 fully saturated rings. The van der Waals surface area contributed by atoms with E-state index in [9.17, 15) is 0 Å². The summed E-state index contributed by atoms with van der Waals surface area (Å²) < 4.78 is 5.57. The Morgan fingerprint density at radius 2 is 1.95 bits per heavy atom. The van der Waals surface area contributed by atoms with Crippen molar-refractivity contribution < 1.29 is 4.74 Å². The summed E-state index contributed by atoms with van der Waals surface area (Å²) in [7, 11) is 0. The number of ether oxygens (including phenoxy) is 1. The van der Waals surface area contributed by atoms with Gasteiger partial charge in [-0.1, -0.05) is 38.1 Å². The molecule has 1 aromatic rings. The number of hydrogen-bond acceptors (Lipinski definition) is 3. The molecule has 106 valence electrons. The fourth-order valence-electron chi connectivity index (χ4n) is 2.38. The van der Waals surface area contributed by atoms with Crippen LogP contribution in [0.3, 0.4) is 0 Å². The van der Waals surface area contributed by atoms with Gasteiger partial charge in [-0.2, -0.15) is 0 Å². The van der Waals surface area contributed by atoms with E-state index < -0.39 is 0 Å². The molecule has 0 radical (unpaired) electrons. The summed E-state index contributed by atoms with van der Waals surface area (Å²) in [5, 5.41) is 3.44. The molecule has 1 aliphatic heterocycles. The van der Waals surface area contributed by atoms with Crippen LogP contribution in [-0.2, 0) is 17.8 Å². The van der Waals surface area contributed by atoms with E-state index in [4.69, 9.17) is 4.74 Å². The Balaban J connectivity index is 1.84. The van der Waals surface area contributed by atoms with Crippen LogP contribution in [0, 0.1) is 0 Å². The lowest BCUT2D eigenvalue weighted by atomic mass is 10.1. The Labute approximate surface area is 116 Å². The van der Waals surface area contributed by atoms with Crippen LogP contribution in [0.15, 0.2) is 24.3 Å². The Kier molecular flexibility index (Phi) is 5.37. The number of morpholine rings is 1. The zero-order valence-corrected chi connectivity index (χ0v) is 12.4. The summed E-state index contributed by atoms with van der Waals surface area (Å²) in [4.78, 5) is 2.47. The second kappa shape index (κ2) is 7.04. The van der Waals surface area contributed by atoms with Gasteiger partial charge in [-0.3, -0.25) is 4.90 Å². The van der Waals surface area contributed by atoms with Gasteiger partial charge in [-0.15, -0.1) is 0 Å². The van der Waals surface area contributed by atoms with Crippen LogP contribution in [-0.4, -0.2) is 36.7 Å². The van der Waals surface area contributed by atoms with Crippen LogP contribution >= 0.6 is 0 Å². The van der Waals surface area contributed by atoms with Crippen molar-refractivity contribution in [3.63, 3.8) is 0 Å². The van der Waals surface area contributed by atoms with Crippen molar-refractivity contribution in [2.75, 3.05) is 19.7 Å². The van der Waals surface area contributed by atoms with Gasteiger partial charge in [0.1, 0.15) is 0 Å². The molecule has 0 aromatic heterocycles. The molecular formula is C16H26N2O. The van der Waals surface area contributed by atoms with Crippen molar-refractivity contribution in [1.82, 2.24) is 10.2 Å². The topological polar surface area (TPSA) is 24.5 Å². The highest BCUT2D eigenvalue weighted by Crippen LogP contribution is 2.11. The molecule has 1 aromatic carbocycles.